The second-order valence-corrected chi connectivity index (χ2v) is 4.38. The minimum absolute atomic E-state index is 0.140. The standard InChI is InChI=1S/C13H11ClN4O2/c1-19-7-3-4-10(20-2)8(5-7)11-9-6-15-18-12(9)17-13(14)16-11/h3-6H,1-2H3,(H,15,16,17,18). The number of hydrogen-bond acceptors (Lipinski definition) is 5. The Balaban J connectivity index is 2.31. The van der Waals surface area contributed by atoms with Crippen LogP contribution in [0.4, 0.5) is 0 Å². The highest BCUT2D eigenvalue weighted by Crippen LogP contribution is 2.35. The fourth-order valence-corrected chi connectivity index (χ4v) is 2.18. The van der Waals surface area contributed by atoms with Crippen molar-refractivity contribution in [2.24, 2.45) is 0 Å². The van der Waals surface area contributed by atoms with E-state index in [9.17, 15) is 0 Å². The lowest BCUT2D eigenvalue weighted by molar-refractivity contribution is 0.404. The summed E-state index contributed by atoms with van der Waals surface area (Å²) in [7, 11) is 3.20. The Morgan fingerprint density at radius 3 is 2.75 bits per heavy atom. The van der Waals surface area contributed by atoms with E-state index in [1.165, 1.54) is 0 Å². The Morgan fingerprint density at radius 2 is 2.00 bits per heavy atom. The summed E-state index contributed by atoms with van der Waals surface area (Å²) in [6.45, 7) is 0. The molecular formula is C13H11ClN4O2. The van der Waals surface area contributed by atoms with Crippen molar-refractivity contribution < 1.29 is 9.47 Å². The summed E-state index contributed by atoms with van der Waals surface area (Å²) in [6.07, 6.45) is 1.65. The molecule has 2 heterocycles. The van der Waals surface area contributed by atoms with Crippen LogP contribution >= 0.6 is 11.6 Å². The SMILES string of the molecule is COc1ccc(OC)c(-c2nc(Cl)nc3[nH]ncc23)c1. The molecule has 3 rings (SSSR count). The van der Waals surface area contributed by atoms with E-state index >= 15 is 0 Å². The smallest absolute Gasteiger partial charge is 0.224 e. The molecular weight excluding hydrogens is 280 g/mol. The van der Waals surface area contributed by atoms with Gasteiger partial charge in [0.15, 0.2) is 5.65 Å². The van der Waals surface area contributed by atoms with E-state index in [0.717, 1.165) is 10.9 Å². The third kappa shape index (κ3) is 2.04. The fourth-order valence-electron chi connectivity index (χ4n) is 2.01. The molecule has 1 aromatic carbocycles. The van der Waals surface area contributed by atoms with Gasteiger partial charge in [-0.3, -0.25) is 5.10 Å². The maximum Gasteiger partial charge on any atom is 0.224 e. The van der Waals surface area contributed by atoms with E-state index < -0.39 is 0 Å². The first-order valence-electron chi connectivity index (χ1n) is 5.82. The van der Waals surface area contributed by atoms with Crippen LogP contribution in [0.2, 0.25) is 5.28 Å². The molecule has 2 aromatic heterocycles. The van der Waals surface area contributed by atoms with Crippen LogP contribution in [0.1, 0.15) is 0 Å². The first kappa shape index (κ1) is 12.7. The zero-order valence-corrected chi connectivity index (χ0v) is 11.6. The predicted molar refractivity (Wildman–Crippen MR) is 75.2 cm³/mol. The number of methoxy groups -OCH3 is 2. The normalized spacial score (nSPS) is 10.8. The Labute approximate surface area is 119 Å². The summed E-state index contributed by atoms with van der Waals surface area (Å²) in [5.41, 5.74) is 1.98. The summed E-state index contributed by atoms with van der Waals surface area (Å²) < 4.78 is 10.6. The molecule has 3 aromatic rings. The molecule has 0 fully saturated rings. The molecule has 0 radical (unpaired) electrons. The lowest BCUT2D eigenvalue weighted by atomic mass is 10.1. The number of nitrogens with one attached hydrogen (secondary N) is 1. The number of H-pyrrole nitrogens is 1. The summed E-state index contributed by atoms with van der Waals surface area (Å²) >= 11 is 5.96. The number of ether oxygens (including phenoxy) is 2. The Hall–Kier alpha value is -2.34. The van der Waals surface area contributed by atoms with Crippen molar-refractivity contribution in [3.8, 4) is 22.8 Å². The third-order valence-electron chi connectivity index (χ3n) is 2.94. The van der Waals surface area contributed by atoms with E-state index in [4.69, 9.17) is 21.1 Å². The van der Waals surface area contributed by atoms with Crippen LogP contribution in [0.5, 0.6) is 11.5 Å². The van der Waals surface area contributed by atoms with Gasteiger partial charge in [0.1, 0.15) is 11.5 Å². The molecule has 102 valence electrons. The zero-order chi connectivity index (χ0) is 14.1. The van der Waals surface area contributed by atoms with Crippen LogP contribution in [0.25, 0.3) is 22.3 Å². The van der Waals surface area contributed by atoms with Crippen LogP contribution < -0.4 is 9.47 Å². The number of aromatic amines is 1. The monoisotopic (exact) mass is 290 g/mol. The molecule has 0 spiro atoms. The van der Waals surface area contributed by atoms with Crippen LogP contribution in [0.15, 0.2) is 24.4 Å². The minimum atomic E-state index is 0.140. The minimum Gasteiger partial charge on any atom is -0.497 e. The largest absolute Gasteiger partial charge is 0.497 e. The van der Waals surface area contributed by atoms with Gasteiger partial charge in [-0.2, -0.15) is 10.1 Å². The van der Waals surface area contributed by atoms with Gasteiger partial charge in [-0.1, -0.05) is 0 Å². The van der Waals surface area contributed by atoms with Gasteiger partial charge in [0.2, 0.25) is 5.28 Å². The first-order chi connectivity index (χ1) is 9.72. The van der Waals surface area contributed by atoms with Gasteiger partial charge >= 0.3 is 0 Å². The number of aromatic nitrogens is 4. The van der Waals surface area contributed by atoms with Crippen molar-refractivity contribution in [1.82, 2.24) is 20.2 Å². The number of nitrogens with zero attached hydrogens (tertiary/aromatic N) is 3. The van der Waals surface area contributed by atoms with Crippen LogP contribution in [0.3, 0.4) is 0 Å². The molecule has 0 bridgehead atoms. The summed E-state index contributed by atoms with van der Waals surface area (Å²) in [4.78, 5) is 8.37. The Bertz CT molecular complexity index is 772. The molecule has 0 aliphatic heterocycles. The van der Waals surface area contributed by atoms with Crippen LogP contribution in [0, 0.1) is 0 Å². The molecule has 0 saturated heterocycles. The number of halogens is 1. The van der Waals surface area contributed by atoms with Crippen molar-refractivity contribution in [2.45, 2.75) is 0 Å². The highest BCUT2D eigenvalue weighted by atomic mass is 35.5. The molecule has 0 unspecified atom stereocenters. The van der Waals surface area contributed by atoms with E-state index in [1.807, 2.05) is 18.2 Å². The fraction of sp³-hybridized carbons (Fsp3) is 0.154. The summed E-state index contributed by atoms with van der Waals surface area (Å²) in [6, 6.07) is 5.47. The van der Waals surface area contributed by atoms with Gasteiger partial charge in [-0.15, -0.1) is 0 Å². The Morgan fingerprint density at radius 1 is 1.15 bits per heavy atom. The Kier molecular flexibility index (Phi) is 3.15. The number of rotatable bonds is 3. The van der Waals surface area contributed by atoms with Gasteiger partial charge in [-0.25, -0.2) is 4.98 Å². The van der Waals surface area contributed by atoms with Crippen molar-refractivity contribution in [3.63, 3.8) is 0 Å². The quantitative estimate of drug-likeness (QED) is 0.751. The molecule has 0 amide bonds. The molecule has 0 saturated carbocycles. The number of fused-ring (bicyclic) bond motifs is 1. The zero-order valence-electron chi connectivity index (χ0n) is 10.8. The van der Waals surface area contributed by atoms with Gasteiger partial charge in [0.05, 0.1) is 31.5 Å². The molecule has 0 aliphatic rings. The molecule has 1 N–H and O–H groups in total. The maximum atomic E-state index is 5.96. The highest BCUT2D eigenvalue weighted by molar-refractivity contribution is 6.28. The van der Waals surface area contributed by atoms with E-state index in [2.05, 4.69) is 20.2 Å². The van der Waals surface area contributed by atoms with Gasteiger partial charge < -0.3 is 9.47 Å². The average molecular weight is 291 g/mol. The van der Waals surface area contributed by atoms with E-state index in [0.29, 0.717) is 22.8 Å². The van der Waals surface area contributed by atoms with Gasteiger partial charge in [0.25, 0.3) is 0 Å². The lowest BCUT2D eigenvalue weighted by Gasteiger charge is -2.10. The first-order valence-corrected chi connectivity index (χ1v) is 6.19. The second-order valence-electron chi connectivity index (χ2n) is 4.04. The molecule has 6 nitrogen and oxygen atoms in total. The predicted octanol–water partition coefficient (Wildman–Crippen LogP) is 2.69. The molecule has 7 heteroatoms. The summed E-state index contributed by atoms with van der Waals surface area (Å²) in [5, 5.41) is 7.65. The van der Waals surface area contributed by atoms with Crippen molar-refractivity contribution >= 4 is 22.6 Å². The van der Waals surface area contributed by atoms with Crippen molar-refractivity contribution in [2.75, 3.05) is 14.2 Å². The lowest BCUT2D eigenvalue weighted by Crippen LogP contribution is -1.94. The summed E-state index contributed by atoms with van der Waals surface area (Å²) in [5.74, 6) is 1.37. The molecule has 0 aliphatic carbocycles. The third-order valence-corrected chi connectivity index (χ3v) is 3.11. The van der Waals surface area contributed by atoms with Crippen molar-refractivity contribution in [3.05, 3.63) is 29.7 Å². The van der Waals surface area contributed by atoms with Gasteiger partial charge in [0, 0.05) is 5.56 Å². The van der Waals surface area contributed by atoms with E-state index in [1.54, 1.807) is 20.4 Å². The van der Waals surface area contributed by atoms with E-state index in [-0.39, 0.29) is 5.28 Å². The number of hydrogen-bond donors (Lipinski definition) is 1. The maximum absolute atomic E-state index is 5.96. The average Bonchev–Trinajstić information content (AvgIpc) is 2.93. The molecule has 20 heavy (non-hydrogen) atoms. The topological polar surface area (TPSA) is 72.9 Å². The molecule has 0 atom stereocenters. The van der Waals surface area contributed by atoms with Crippen LogP contribution in [-0.4, -0.2) is 34.4 Å². The second kappa shape index (κ2) is 4.97. The van der Waals surface area contributed by atoms with Gasteiger partial charge in [-0.05, 0) is 29.8 Å². The van der Waals surface area contributed by atoms with Crippen molar-refractivity contribution in [1.29, 1.82) is 0 Å². The number of benzene rings is 1. The highest BCUT2D eigenvalue weighted by Gasteiger charge is 2.15. The van der Waals surface area contributed by atoms with Crippen LogP contribution in [-0.2, 0) is 0 Å².